The Hall–Kier alpha value is -2.00. The van der Waals surface area contributed by atoms with Crippen LogP contribution in [-0.4, -0.2) is 19.7 Å². The zero-order valence-corrected chi connectivity index (χ0v) is 12.3. The van der Waals surface area contributed by atoms with Crippen molar-refractivity contribution in [2.24, 2.45) is 5.73 Å². The molecule has 0 atom stereocenters. The van der Waals surface area contributed by atoms with E-state index in [0.717, 1.165) is 38.3 Å². The first kappa shape index (κ1) is 14.0. The molecule has 0 bridgehead atoms. The lowest BCUT2D eigenvalue weighted by Crippen LogP contribution is -2.23. The van der Waals surface area contributed by atoms with E-state index in [1.807, 2.05) is 6.07 Å². The maximum absolute atomic E-state index is 5.81. The number of anilines is 1. The second-order valence-corrected chi connectivity index (χ2v) is 5.45. The normalized spacial score (nSPS) is 14.2. The summed E-state index contributed by atoms with van der Waals surface area (Å²) in [5.74, 6) is 0.995. The number of nitrogens with two attached hydrogens (primary N) is 1. The number of fused-ring (bicyclic) bond motifs is 1. The van der Waals surface area contributed by atoms with Crippen LogP contribution in [0.25, 0.3) is 0 Å². The van der Waals surface area contributed by atoms with Gasteiger partial charge in [0, 0.05) is 13.1 Å². The number of ether oxygens (including phenoxy) is 1. The van der Waals surface area contributed by atoms with Crippen LogP contribution in [0.1, 0.15) is 17.5 Å². The minimum Gasteiger partial charge on any atom is -0.491 e. The average molecular weight is 282 g/mol. The second kappa shape index (κ2) is 6.64. The van der Waals surface area contributed by atoms with E-state index in [9.17, 15) is 0 Å². The van der Waals surface area contributed by atoms with E-state index >= 15 is 0 Å². The Labute approximate surface area is 126 Å². The molecule has 3 heteroatoms. The van der Waals surface area contributed by atoms with E-state index in [1.54, 1.807) is 0 Å². The Kier molecular flexibility index (Phi) is 4.41. The lowest BCUT2D eigenvalue weighted by atomic mass is 10.1. The first-order valence-corrected chi connectivity index (χ1v) is 7.61. The van der Waals surface area contributed by atoms with Gasteiger partial charge in [-0.1, -0.05) is 36.4 Å². The van der Waals surface area contributed by atoms with Gasteiger partial charge < -0.3 is 15.4 Å². The summed E-state index contributed by atoms with van der Waals surface area (Å²) < 4.78 is 5.81. The molecule has 3 nitrogen and oxygen atoms in total. The number of para-hydroxylation sites is 2. The Morgan fingerprint density at radius 1 is 1.00 bits per heavy atom. The van der Waals surface area contributed by atoms with Crippen molar-refractivity contribution in [3.05, 3.63) is 59.7 Å². The molecular weight excluding hydrogens is 260 g/mol. The minimum atomic E-state index is 0.705. The SMILES string of the molecule is NCCc1ccc(CN2CCCOc3ccccc32)cc1. The maximum atomic E-state index is 5.81. The van der Waals surface area contributed by atoms with E-state index in [-0.39, 0.29) is 0 Å². The van der Waals surface area contributed by atoms with E-state index in [1.165, 1.54) is 16.8 Å². The van der Waals surface area contributed by atoms with Crippen LogP contribution in [0.5, 0.6) is 5.75 Å². The van der Waals surface area contributed by atoms with Gasteiger partial charge in [-0.3, -0.25) is 0 Å². The molecule has 0 aromatic heterocycles. The van der Waals surface area contributed by atoms with Crippen molar-refractivity contribution in [1.29, 1.82) is 0 Å². The fourth-order valence-electron chi connectivity index (χ4n) is 2.76. The Morgan fingerprint density at radius 3 is 2.57 bits per heavy atom. The highest BCUT2D eigenvalue weighted by molar-refractivity contribution is 5.59. The van der Waals surface area contributed by atoms with Gasteiger partial charge in [0.15, 0.2) is 0 Å². The van der Waals surface area contributed by atoms with Crippen molar-refractivity contribution in [3.63, 3.8) is 0 Å². The molecule has 21 heavy (non-hydrogen) atoms. The lowest BCUT2D eigenvalue weighted by molar-refractivity contribution is 0.322. The summed E-state index contributed by atoms with van der Waals surface area (Å²) in [5, 5.41) is 0. The molecule has 0 aliphatic carbocycles. The molecule has 0 amide bonds. The number of nitrogens with zero attached hydrogens (tertiary/aromatic N) is 1. The van der Waals surface area contributed by atoms with Crippen LogP contribution in [0.3, 0.4) is 0 Å². The lowest BCUT2D eigenvalue weighted by Gasteiger charge is -2.24. The molecule has 2 N–H and O–H groups in total. The van der Waals surface area contributed by atoms with E-state index in [0.29, 0.717) is 6.54 Å². The highest BCUT2D eigenvalue weighted by atomic mass is 16.5. The third kappa shape index (κ3) is 3.37. The van der Waals surface area contributed by atoms with Crippen molar-refractivity contribution in [1.82, 2.24) is 0 Å². The van der Waals surface area contributed by atoms with Gasteiger partial charge >= 0.3 is 0 Å². The monoisotopic (exact) mass is 282 g/mol. The summed E-state index contributed by atoms with van der Waals surface area (Å²) in [6, 6.07) is 17.1. The Morgan fingerprint density at radius 2 is 1.76 bits per heavy atom. The number of hydrogen-bond donors (Lipinski definition) is 1. The summed E-state index contributed by atoms with van der Waals surface area (Å²) in [7, 11) is 0. The van der Waals surface area contributed by atoms with E-state index in [4.69, 9.17) is 10.5 Å². The van der Waals surface area contributed by atoms with Gasteiger partial charge in [-0.25, -0.2) is 0 Å². The summed E-state index contributed by atoms with van der Waals surface area (Å²) in [5.41, 5.74) is 9.42. The number of benzene rings is 2. The highest BCUT2D eigenvalue weighted by Crippen LogP contribution is 2.31. The third-order valence-corrected chi connectivity index (χ3v) is 3.87. The Bertz CT molecular complexity index is 580. The molecule has 0 saturated carbocycles. The smallest absolute Gasteiger partial charge is 0.142 e. The summed E-state index contributed by atoms with van der Waals surface area (Å²) in [6.45, 7) is 3.45. The highest BCUT2D eigenvalue weighted by Gasteiger charge is 2.15. The largest absolute Gasteiger partial charge is 0.491 e. The van der Waals surface area contributed by atoms with Crippen LogP contribution in [-0.2, 0) is 13.0 Å². The zero-order chi connectivity index (χ0) is 14.5. The zero-order valence-electron chi connectivity index (χ0n) is 12.3. The van der Waals surface area contributed by atoms with Crippen LogP contribution in [0.15, 0.2) is 48.5 Å². The van der Waals surface area contributed by atoms with Crippen LogP contribution in [0.2, 0.25) is 0 Å². The molecule has 3 rings (SSSR count). The van der Waals surface area contributed by atoms with Gasteiger partial charge in [0.25, 0.3) is 0 Å². The molecule has 0 saturated heterocycles. The topological polar surface area (TPSA) is 38.5 Å². The van der Waals surface area contributed by atoms with Gasteiger partial charge in [-0.05, 0) is 42.6 Å². The molecule has 2 aromatic carbocycles. The van der Waals surface area contributed by atoms with Gasteiger partial charge in [-0.15, -0.1) is 0 Å². The van der Waals surface area contributed by atoms with Crippen LogP contribution >= 0.6 is 0 Å². The van der Waals surface area contributed by atoms with Crippen LogP contribution in [0.4, 0.5) is 5.69 Å². The first-order valence-electron chi connectivity index (χ1n) is 7.61. The van der Waals surface area contributed by atoms with Crippen molar-refractivity contribution >= 4 is 5.69 Å². The fraction of sp³-hybridized carbons (Fsp3) is 0.333. The third-order valence-electron chi connectivity index (χ3n) is 3.87. The van der Waals surface area contributed by atoms with Crippen molar-refractivity contribution in [2.45, 2.75) is 19.4 Å². The number of hydrogen-bond acceptors (Lipinski definition) is 3. The number of rotatable bonds is 4. The molecule has 110 valence electrons. The molecule has 0 fully saturated rings. The molecule has 2 aromatic rings. The van der Waals surface area contributed by atoms with Crippen molar-refractivity contribution in [2.75, 3.05) is 24.6 Å². The fourth-order valence-corrected chi connectivity index (χ4v) is 2.76. The van der Waals surface area contributed by atoms with Crippen molar-refractivity contribution in [3.8, 4) is 5.75 Å². The molecule has 1 aliphatic rings. The van der Waals surface area contributed by atoms with Gasteiger partial charge in [-0.2, -0.15) is 0 Å². The van der Waals surface area contributed by atoms with Gasteiger partial charge in [0.05, 0.1) is 12.3 Å². The summed E-state index contributed by atoms with van der Waals surface area (Å²) >= 11 is 0. The molecule has 0 unspecified atom stereocenters. The van der Waals surface area contributed by atoms with Crippen molar-refractivity contribution < 1.29 is 4.74 Å². The molecule has 1 aliphatic heterocycles. The van der Waals surface area contributed by atoms with E-state index in [2.05, 4.69) is 47.4 Å². The second-order valence-electron chi connectivity index (χ2n) is 5.45. The van der Waals surface area contributed by atoms with E-state index < -0.39 is 0 Å². The van der Waals surface area contributed by atoms with Crippen LogP contribution in [0, 0.1) is 0 Å². The summed E-state index contributed by atoms with van der Waals surface area (Å²) in [4.78, 5) is 2.40. The predicted octanol–water partition coefficient (Wildman–Crippen LogP) is 2.98. The first-order chi connectivity index (χ1) is 10.4. The summed E-state index contributed by atoms with van der Waals surface area (Å²) in [6.07, 6.45) is 2.00. The van der Waals surface area contributed by atoms with Crippen LogP contribution < -0.4 is 15.4 Å². The molecule has 0 radical (unpaired) electrons. The van der Waals surface area contributed by atoms with Gasteiger partial charge in [0.2, 0.25) is 0 Å². The molecule has 0 spiro atoms. The standard InChI is InChI=1S/C18H22N2O/c19-11-10-15-6-8-16(9-7-15)14-20-12-3-13-21-18-5-2-1-4-17(18)20/h1-2,4-9H,3,10-14,19H2. The average Bonchev–Trinajstić information content (AvgIpc) is 2.72. The minimum absolute atomic E-state index is 0.705. The Balaban J connectivity index is 1.77. The predicted molar refractivity (Wildman–Crippen MR) is 86.8 cm³/mol. The molecule has 1 heterocycles. The van der Waals surface area contributed by atoms with Gasteiger partial charge in [0.1, 0.15) is 5.75 Å². The molecular formula is C18H22N2O. The maximum Gasteiger partial charge on any atom is 0.142 e. The quantitative estimate of drug-likeness (QED) is 0.937.